The lowest BCUT2D eigenvalue weighted by atomic mass is 10.1. The standard InChI is InChI=1S/C11H18N2/c1-3-13-11-8-6-4-5-7-10(11)9-12-2/h4-6,8,12-13H,3,7,9H2,1-2H3. The number of allylic oxidation sites excluding steroid dienone is 4. The molecule has 2 heteroatoms. The number of nitrogens with one attached hydrogen (secondary N) is 2. The summed E-state index contributed by atoms with van der Waals surface area (Å²) in [5, 5.41) is 6.56. The minimum Gasteiger partial charge on any atom is -0.385 e. The lowest BCUT2D eigenvalue weighted by Crippen LogP contribution is -2.18. The van der Waals surface area contributed by atoms with Crippen LogP contribution in [-0.2, 0) is 0 Å². The Balaban J connectivity index is 2.75. The summed E-state index contributed by atoms with van der Waals surface area (Å²) >= 11 is 0. The van der Waals surface area contributed by atoms with Crippen LogP contribution in [0, 0.1) is 0 Å². The maximum absolute atomic E-state index is 3.37. The molecule has 0 atom stereocenters. The van der Waals surface area contributed by atoms with Crippen LogP contribution in [0.5, 0.6) is 0 Å². The Bertz CT molecular complexity index is 236. The molecular weight excluding hydrogens is 160 g/mol. The van der Waals surface area contributed by atoms with Gasteiger partial charge in [0.25, 0.3) is 0 Å². The van der Waals surface area contributed by atoms with E-state index in [1.807, 2.05) is 7.05 Å². The minimum absolute atomic E-state index is 0.955. The van der Waals surface area contributed by atoms with E-state index < -0.39 is 0 Å². The highest BCUT2D eigenvalue weighted by Gasteiger charge is 2.02. The highest BCUT2D eigenvalue weighted by molar-refractivity contribution is 5.32. The first kappa shape index (κ1) is 10.1. The minimum atomic E-state index is 0.955. The zero-order chi connectivity index (χ0) is 9.52. The van der Waals surface area contributed by atoms with Crippen LogP contribution in [0.3, 0.4) is 0 Å². The van der Waals surface area contributed by atoms with E-state index >= 15 is 0 Å². The van der Waals surface area contributed by atoms with Crippen LogP contribution >= 0.6 is 0 Å². The van der Waals surface area contributed by atoms with Crippen molar-refractivity contribution in [3.63, 3.8) is 0 Å². The van der Waals surface area contributed by atoms with Gasteiger partial charge in [0.15, 0.2) is 0 Å². The first-order valence-electron chi connectivity index (χ1n) is 4.82. The third kappa shape index (κ3) is 3.07. The van der Waals surface area contributed by atoms with Gasteiger partial charge in [-0.1, -0.05) is 18.2 Å². The topological polar surface area (TPSA) is 24.1 Å². The van der Waals surface area contributed by atoms with E-state index in [0.717, 1.165) is 19.5 Å². The largest absolute Gasteiger partial charge is 0.385 e. The van der Waals surface area contributed by atoms with E-state index in [1.165, 1.54) is 11.3 Å². The van der Waals surface area contributed by atoms with E-state index in [1.54, 1.807) is 0 Å². The molecule has 0 amide bonds. The quantitative estimate of drug-likeness (QED) is 0.683. The lowest BCUT2D eigenvalue weighted by molar-refractivity contribution is 0.804. The van der Waals surface area contributed by atoms with Crippen molar-refractivity contribution >= 4 is 0 Å². The van der Waals surface area contributed by atoms with Gasteiger partial charge in [-0.05, 0) is 32.0 Å². The first-order chi connectivity index (χ1) is 6.38. The molecule has 0 aromatic rings. The summed E-state index contributed by atoms with van der Waals surface area (Å²) in [6.45, 7) is 4.06. The molecule has 72 valence electrons. The van der Waals surface area contributed by atoms with Crippen molar-refractivity contribution < 1.29 is 0 Å². The van der Waals surface area contributed by atoms with Crippen LogP contribution in [0.25, 0.3) is 0 Å². The molecule has 2 N–H and O–H groups in total. The molecule has 1 aliphatic rings. The summed E-state index contributed by atoms with van der Waals surface area (Å²) < 4.78 is 0. The highest BCUT2D eigenvalue weighted by atomic mass is 14.9. The molecule has 13 heavy (non-hydrogen) atoms. The molecule has 0 bridgehead atoms. The molecule has 0 fully saturated rings. The Hall–Kier alpha value is -1.02. The van der Waals surface area contributed by atoms with Crippen molar-refractivity contribution in [3.05, 3.63) is 35.6 Å². The lowest BCUT2D eigenvalue weighted by Gasteiger charge is -2.11. The molecule has 0 radical (unpaired) electrons. The Kier molecular flexibility index (Phi) is 4.33. The van der Waals surface area contributed by atoms with Crippen LogP contribution < -0.4 is 10.6 Å². The van der Waals surface area contributed by atoms with Gasteiger partial charge in [0, 0.05) is 18.8 Å². The summed E-state index contributed by atoms with van der Waals surface area (Å²) in [6, 6.07) is 0. The van der Waals surface area contributed by atoms with E-state index in [2.05, 4.69) is 41.9 Å². The molecule has 1 aliphatic carbocycles. The maximum Gasteiger partial charge on any atom is 0.0348 e. The predicted molar refractivity (Wildman–Crippen MR) is 57.5 cm³/mol. The van der Waals surface area contributed by atoms with Gasteiger partial charge in [0.1, 0.15) is 0 Å². The normalized spacial score (nSPS) is 16.2. The van der Waals surface area contributed by atoms with Gasteiger partial charge < -0.3 is 10.6 Å². The van der Waals surface area contributed by atoms with Crippen molar-refractivity contribution in [2.24, 2.45) is 0 Å². The number of hydrogen-bond donors (Lipinski definition) is 2. The average molecular weight is 178 g/mol. The molecule has 0 unspecified atom stereocenters. The van der Waals surface area contributed by atoms with Crippen molar-refractivity contribution in [1.29, 1.82) is 0 Å². The Morgan fingerprint density at radius 1 is 1.38 bits per heavy atom. The first-order valence-corrected chi connectivity index (χ1v) is 4.82. The number of rotatable bonds is 4. The van der Waals surface area contributed by atoms with Crippen LogP contribution in [0.1, 0.15) is 13.3 Å². The molecular formula is C11H18N2. The van der Waals surface area contributed by atoms with E-state index in [-0.39, 0.29) is 0 Å². The van der Waals surface area contributed by atoms with E-state index in [9.17, 15) is 0 Å². The van der Waals surface area contributed by atoms with Gasteiger partial charge in [0.05, 0.1) is 0 Å². The Morgan fingerprint density at radius 3 is 2.92 bits per heavy atom. The summed E-state index contributed by atoms with van der Waals surface area (Å²) in [5.74, 6) is 0. The summed E-state index contributed by atoms with van der Waals surface area (Å²) in [7, 11) is 1.98. The van der Waals surface area contributed by atoms with Crippen LogP contribution in [0.15, 0.2) is 35.6 Å². The molecule has 0 spiro atoms. The van der Waals surface area contributed by atoms with Gasteiger partial charge in [-0.15, -0.1) is 0 Å². The fourth-order valence-electron chi connectivity index (χ4n) is 1.42. The molecule has 0 saturated carbocycles. The molecule has 0 aliphatic heterocycles. The predicted octanol–water partition coefficient (Wildman–Crippen LogP) is 1.59. The van der Waals surface area contributed by atoms with Gasteiger partial charge in [-0.3, -0.25) is 0 Å². The van der Waals surface area contributed by atoms with E-state index in [4.69, 9.17) is 0 Å². The van der Waals surface area contributed by atoms with Crippen molar-refractivity contribution in [2.45, 2.75) is 13.3 Å². The zero-order valence-electron chi connectivity index (χ0n) is 8.43. The molecule has 0 heterocycles. The summed E-state index contributed by atoms with van der Waals surface area (Å²) in [5.41, 5.74) is 2.69. The SMILES string of the molecule is CCNC1=C(CNC)CC=CC=C1. The fourth-order valence-corrected chi connectivity index (χ4v) is 1.42. The molecule has 1 rings (SSSR count). The smallest absolute Gasteiger partial charge is 0.0348 e. The second-order valence-electron chi connectivity index (χ2n) is 3.07. The molecule has 0 saturated heterocycles. The van der Waals surface area contributed by atoms with Crippen molar-refractivity contribution in [1.82, 2.24) is 10.6 Å². The van der Waals surface area contributed by atoms with Gasteiger partial charge in [-0.25, -0.2) is 0 Å². The van der Waals surface area contributed by atoms with Crippen LogP contribution in [0.2, 0.25) is 0 Å². The number of likely N-dealkylation sites (N-methyl/N-ethyl adjacent to an activating group) is 2. The molecule has 0 aromatic heterocycles. The van der Waals surface area contributed by atoms with Crippen molar-refractivity contribution in [3.8, 4) is 0 Å². The van der Waals surface area contributed by atoms with Gasteiger partial charge in [-0.2, -0.15) is 0 Å². The second-order valence-corrected chi connectivity index (χ2v) is 3.07. The van der Waals surface area contributed by atoms with E-state index in [0.29, 0.717) is 0 Å². The van der Waals surface area contributed by atoms with Crippen LogP contribution in [0.4, 0.5) is 0 Å². The van der Waals surface area contributed by atoms with Crippen LogP contribution in [-0.4, -0.2) is 20.1 Å². The monoisotopic (exact) mass is 178 g/mol. The Morgan fingerprint density at radius 2 is 2.23 bits per heavy atom. The zero-order valence-corrected chi connectivity index (χ0v) is 8.43. The summed E-state index contributed by atoms with van der Waals surface area (Å²) in [6.07, 6.45) is 9.55. The number of hydrogen-bond acceptors (Lipinski definition) is 2. The van der Waals surface area contributed by atoms with Gasteiger partial charge >= 0.3 is 0 Å². The summed E-state index contributed by atoms with van der Waals surface area (Å²) in [4.78, 5) is 0. The highest BCUT2D eigenvalue weighted by Crippen LogP contribution is 2.11. The van der Waals surface area contributed by atoms with Crippen molar-refractivity contribution in [2.75, 3.05) is 20.1 Å². The fraction of sp³-hybridized carbons (Fsp3) is 0.455. The molecule has 0 aromatic carbocycles. The maximum atomic E-state index is 3.37. The third-order valence-electron chi connectivity index (χ3n) is 2.01. The second kappa shape index (κ2) is 5.60. The third-order valence-corrected chi connectivity index (χ3v) is 2.01. The Labute approximate surface area is 80.4 Å². The molecule has 2 nitrogen and oxygen atoms in total. The average Bonchev–Trinajstić information content (AvgIpc) is 2.33. The van der Waals surface area contributed by atoms with Gasteiger partial charge in [0.2, 0.25) is 0 Å².